The zero-order valence-electron chi connectivity index (χ0n) is 10.3. The van der Waals surface area contributed by atoms with E-state index < -0.39 is 0 Å². The summed E-state index contributed by atoms with van der Waals surface area (Å²) < 4.78 is 0. The molecular weight excluding hydrogens is 256 g/mol. The van der Waals surface area contributed by atoms with Crippen LogP contribution in [0.2, 0.25) is 0 Å². The second-order valence-corrected chi connectivity index (χ2v) is 7.68. The zero-order chi connectivity index (χ0) is 12.1. The number of benzene rings is 1. The summed E-state index contributed by atoms with van der Waals surface area (Å²) in [5, 5.41) is 1.20. The molecule has 0 atom stereocenters. The van der Waals surface area contributed by atoms with Gasteiger partial charge in [0.15, 0.2) is 0 Å². The highest BCUT2D eigenvalue weighted by Gasteiger charge is 2.11. The van der Waals surface area contributed by atoms with Crippen LogP contribution in [0.3, 0.4) is 0 Å². The van der Waals surface area contributed by atoms with Crippen LogP contribution in [0.25, 0.3) is 0 Å². The van der Waals surface area contributed by atoms with Crippen LogP contribution in [0, 0.1) is 0 Å². The van der Waals surface area contributed by atoms with Crippen molar-refractivity contribution in [2.75, 3.05) is 0 Å². The van der Waals surface area contributed by atoms with Crippen molar-refractivity contribution < 1.29 is 0 Å². The van der Waals surface area contributed by atoms with E-state index in [0.717, 1.165) is 0 Å². The molecule has 0 heterocycles. The van der Waals surface area contributed by atoms with Gasteiger partial charge in [0, 0.05) is 26.2 Å². The summed E-state index contributed by atoms with van der Waals surface area (Å²) >= 11 is 9.83. The van der Waals surface area contributed by atoms with E-state index in [2.05, 4.69) is 45.9 Å². The molecule has 0 aromatic heterocycles. The maximum Gasteiger partial charge on any atom is 0.0485 e. The summed E-state index contributed by atoms with van der Waals surface area (Å²) in [5.41, 5.74) is 1.26. The summed E-state index contributed by atoms with van der Waals surface area (Å²) in [4.78, 5) is 2.73. The molecule has 0 unspecified atom stereocenters. The lowest BCUT2D eigenvalue weighted by atomic mass is 10.2. The normalized spacial score (nSPS) is 11.4. The van der Waals surface area contributed by atoms with E-state index in [9.17, 15) is 0 Å². The molecule has 0 amide bonds. The molecular formula is C13H19ClS2. The molecule has 1 aromatic carbocycles. The summed E-state index contributed by atoms with van der Waals surface area (Å²) in [6, 6.07) is 6.43. The Balaban J connectivity index is 3.04. The lowest BCUT2D eigenvalue weighted by Crippen LogP contribution is -1.95. The standard InChI is InChI=1S/C13H19ClS2/c1-9(2)15-12-7-5-6-11(8-14)13(12)16-10(3)4/h5-7,9-10H,8H2,1-4H3. The third kappa shape index (κ3) is 4.23. The van der Waals surface area contributed by atoms with Crippen molar-refractivity contribution in [2.45, 2.75) is 53.9 Å². The highest BCUT2D eigenvalue weighted by Crippen LogP contribution is 2.38. The van der Waals surface area contributed by atoms with Crippen molar-refractivity contribution >= 4 is 35.1 Å². The molecule has 0 saturated carbocycles. The number of thioether (sulfide) groups is 2. The fourth-order valence-corrected chi connectivity index (χ4v) is 3.82. The van der Waals surface area contributed by atoms with Crippen molar-refractivity contribution in [3.63, 3.8) is 0 Å². The Bertz CT molecular complexity index is 335. The van der Waals surface area contributed by atoms with Gasteiger partial charge in [-0.1, -0.05) is 39.8 Å². The molecule has 1 rings (SSSR count). The second-order valence-electron chi connectivity index (χ2n) is 4.21. The van der Waals surface area contributed by atoms with Crippen LogP contribution in [-0.2, 0) is 5.88 Å². The SMILES string of the molecule is CC(C)Sc1cccc(CCl)c1SC(C)C. The number of hydrogen-bond acceptors (Lipinski definition) is 2. The van der Waals surface area contributed by atoms with Crippen LogP contribution >= 0.6 is 35.1 Å². The minimum Gasteiger partial charge on any atom is -0.122 e. The molecule has 0 aliphatic rings. The Kier molecular flexibility index (Phi) is 6.09. The van der Waals surface area contributed by atoms with Crippen molar-refractivity contribution in [3.8, 4) is 0 Å². The number of alkyl halides is 1. The van der Waals surface area contributed by atoms with Gasteiger partial charge in [-0.05, 0) is 11.6 Å². The predicted octanol–water partition coefficient (Wildman–Crippen LogP) is 5.43. The molecule has 1 aromatic rings. The molecule has 0 radical (unpaired) electrons. The minimum absolute atomic E-state index is 0.593. The van der Waals surface area contributed by atoms with E-state index in [-0.39, 0.29) is 0 Å². The van der Waals surface area contributed by atoms with Crippen LogP contribution in [-0.4, -0.2) is 10.5 Å². The molecule has 0 saturated heterocycles. The lowest BCUT2D eigenvalue weighted by Gasteiger charge is -2.15. The smallest absolute Gasteiger partial charge is 0.0485 e. The van der Waals surface area contributed by atoms with Gasteiger partial charge in [-0.25, -0.2) is 0 Å². The van der Waals surface area contributed by atoms with Crippen LogP contribution in [0.4, 0.5) is 0 Å². The van der Waals surface area contributed by atoms with E-state index in [4.69, 9.17) is 11.6 Å². The van der Waals surface area contributed by atoms with Crippen molar-refractivity contribution in [3.05, 3.63) is 23.8 Å². The molecule has 0 aliphatic heterocycles. The predicted molar refractivity (Wildman–Crippen MR) is 78.0 cm³/mol. The van der Waals surface area contributed by atoms with E-state index in [1.165, 1.54) is 15.4 Å². The molecule has 0 spiro atoms. The van der Waals surface area contributed by atoms with Crippen LogP contribution in [0.5, 0.6) is 0 Å². The zero-order valence-corrected chi connectivity index (χ0v) is 12.7. The van der Waals surface area contributed by atoms with Crippen molar-refractivity contribution in [1.29, 1.82) is 0 Å². The topological polar surface area (TPSA) is 0 Å². The maximum atomic E-state index is 6.00. The van der Waals surface area contributed by atoms with E-state index in [1.807, 2.05) is 23.5 Å². The average molecular weight is 275 g/mol. The first-order chi connectivity index (χ1) is 7.54. The quantitative estimate of drug-likeness (QED) is 0.519. The van der Waals surface area contributed by atoms with Crippen molar-refractivity contribution in [2.24, 2.45) is 0 Å². The van der Waals surface area contributed by atoms with Gasteiger partial charge in [0.25, 0.3) is 0 Å². The van der Waals surface area contributed by atoms with Gasteiger partial charge in [0.1, 0.15) is 0 Å². The summed E-state index contributed by atoms with van der Waals surface area (Å²) in [6.07, 6.45) is 0. The van der Waals surface area contributed by atoms with Crippen LogP contribution < -0.4 is 0 Å². The molecule has 90 valence electrons. The Morgan fingerprint density at radius 1 is 1.06 bits per heavy atom. The van der Waals surface area contributed by atoms with Gasteiger partial charge < -0.3 is 0 Å². The van der Waals surface area contributed by atoms with Gasteiger partial charge >= 0.3 is 0 Å². The fourth-order valence-electron chi connectivity index (χ4n) is 1.38. The average Bonchev–Trinajstić information content (AvgIpc) is 2.19. The summed E-state index contributed by atoms with van der Waals surface area (Å²) in [7, 11) is 0. The Morgan fingerprint density at radius 2 is 1.69 bits per heavy atom. The lowest BCUT2D eigenvalue weighted by molar-refractivity contribution is 1.06. The minimum atomic E-state index is 0.593. The third-order valence-electron chi connectivity index (χ3n) is 1.92. The molecule has 0 aliphatic carbocycles. The van der Waals surface area contributed by atoms with Gasteiger partial charge in [-0.3, -0.25) is 0 Å². The summed E-state index contributed by atoms with van der Waals surface area (Å²) in [5.74, 6) is 0.599. The van der Waals surface area contributed by atoms with Gasteiger partial charge in [0.05, 0.1) is 0 Å². The Labute approximate surface area is 113 Å². The van der Waals surface area contributed by atoms with Gasteiger partial charge in [-0.2, -0.15) is 0 Å². The molecule has 3 heteroatoms. The van der Waals surface area contributed by atoms with Gasteiger partial charge in [0.2, 0.25) is 0 Å². The Hall–Kier alpha value is 0.210. The highest BCUT2D eigenvalue weighted by molar-refractivity contribution is 8.02. The molecule has 0 nitrogen and oxygen atoms in total. The monoisotopic (exact) mass is 274 g/mol. The number of hydrogen-bond donors (Lipinski definition) is 0. The fraction of sp³-hybridized carbons (Fsp3) is 0.538. The molecule has 0 N–H and O–H groups in total. The molecule has 0 bridgehead atoms. The second kappa shape index (κ2) is 6.83. The molecule has 16 heavy (non-hydrogen) atoms. The first kappa shape index (κ1) is 14.3. The maximum absolute atomic E-state index is 6.00. The number of rotatable bonds is 5. The largest absolute Gasteiger partial charge is 0.122 e. The first-order valence-corrected chi connectivity index (χ1v) is 7.85. The van der Waals surface area contributed by atoms with E-state index >= 15 is 0 Å². The van der Waals surface area contributed by atoms with Crippen molar-refractivity contribution in [1.82, 2.24) is 0 Å². The van der Waals surface area contributed by atoms with E-state index in [0.29, 0.717) is 16.4 Å². The van der Waals surface area contributed by atoms with Gasteiger partial charge in [-0.15, -0.1) is 35.1 Å². The first-order valence-electron chi connectivity index (χ1n) is 5.55. The van der Waals surface area contributed by atoms with Crippen LogP contribution in [0.15, 0.2) is 28.0 Å². The highest BCUT2D eigenvalue weighted by atomic mass is 35.5. The molecule has 0 fully saturated rings. The van der Waals surface area contributed by atoms with Crippen LogP contribution in [0.1, 0.15) is 33.3 Å². The van der Waals surface area contributed by atoms with E-state index in [1.54, 1.807) is 0 Å². The third-order valence-corrected chi connectivity index (χ3v) is 4.59. The Morgan fingerprint density at radius 3 is 2.19 bits per heavy atom. The summed E-state index contributed by atoms with van der Waals surface area (Å²) in [6.45, 7) is 8.89. The number of halogens is 1.